The Hall–Kier alpha value is -0.610. The second-order valence-corrected chi connectivity index (χ2v) is 5.97. The number of piperidine rings is 1. The molecule has 2 rings (SSSR count). The Kier molecular flexibility index (Phi) is 5.01. The first-order chi connectivity index (χ1) is 8.66. The molecule has 0 saturated carbocycles. The average Bonchev–Trinajstić information content (AvgIpc) is 2.76. The molecule has 1 amide bonds. The van der Waals surface area contributed by atoms with Crippen LogP contribution in [0.25, 0.3) is 0 Å². The number of carbonyl (C=O) groups excluding carboxylic acids is 1. The van der Waals surface area contributed by atoms with Gasteiger partial charge in [0.05, 0.1) is 0 Å². The summed E-state index contributed by atoms with van der Waals surface area (Å²) in [6.45, 7) is 4.21. The normalized spacial score (nSPS) is 29.4. The van der Waals surface area contributed by atoms with E-state index in [1.54, 1.807) is 0 Å². The summed E-state index contributed by atoms with van der Waals surface area (Å²) in [6.07, 6.45) is 5.65. The van der Waals surface area contributed by atoms with Crippen LogP contribution in [0.2, 0.25) is 0 Å². The lowest BCUT2D eigenvalue weighted by molar-refractivity contribution is -0.131. The van der Waals surface area contributed by atoms with Crippen molar-refractivity contribution in [1.82, 2.24) is 15.1 Å². The Morgan fingerprint density at radius 2 is 2.22 bits per heavy atom. The number of nitrogens with zero attached hydrogens (tertiary/aromatic N) is 2. The molecule has 0 aromatic carbocycles. The van der Waals surface area contributed by atoms with Gasteiger partial charge in [0.25, 0.3) is 0 Å². The van der Waals surface area contributed by atoms with E-state index in [0.29, 0.717) is 17.9 Å². The van der Waals surface area contributed by atoms with E-state index >= 15 is 0 Å². The summed E-state index contributed by atoms with van der Waals surface area (Å²) < 4.78 is 0. The monoisotopic (exact) mass is 253 g/mol. The van der Waals surface area contributed by atoms with Gasteiger partial charge < -0.3 is 15.1 Å². The fourth-order valence-corrected chi connectivity index (χ4v) is 3.13. The van der Waals surface area contributed by atoms with Gasteiger partial charge in [-0.15, -0.1) is 0 Å². The molecule has 0 radical (unpaired) electrons. The van der Waals surface area contributed by atoms with Crippen molar-refractivity contribution in [3.8, 4) is 0 Å². The number of likely N-dealkylation sites (tertiary alicyclic amines) is 1. The maximum absolute atomic E-state index is 12.2. The zero-order valence-electron chi connectivity index (χ0n) is 11.8. The minimum atomic E-state index is 0.323. The van der Waals surface area contributed by atoms with Crippen LogP contribution in [0.5, 0.6) is 0 Å². The van der Waals surface area contributed by atoms with Crippen LogP contribution in [0.15, 0.2) is 0 Å². The molecule has 2 aliphatic heterocycles. The van der Waals surface area contributed by atoms with E-state index in [1.165, 1.54) is 32.2 Å². The first-order valence-corrected chi connectivity index (χ1v) is 7.31. The van der Waals surface area contributed by atoms with Crippen LogP contribution in [0.1, 0.15) is 32.1 Å². The molecule has 2 fully saturated rings. The molecule has 2 unspecified atom stereocenters. The number of rotatable bonds is 4. The SMILES string of the molecule is CN(CC1CCCN1C)C(=O)CC1CCCNC1. The fourth-order valence-electron chi connectivity index (χ4n) is 3.13. The first kappa shape index (κ1) is 13.8. The van der Waals surface area contributed by atoms with Gasteiger partial charge in [0.1, 0.15) is 0 Å². The minimum Gasteiger partial charge on any atom is -0.344 e. The molecule has 2 aliphatic rings. The number of nitrogens with one attached hydrogen (secondary N) is 1. The minimum absolute atomic E-state index is 0.323. The van der Waals surface area contributed by atoms with Crippen LogP contribution in [0, 0.1) is 5.92 Å². The van der Waals surface area contributed by atoms with E-state index in [-0.39, 0.29) is 0 Å². The van der Waals surface area contributed by atoms with Gasteiger partial charge in [0.2, 0.25) is 5.91 Å². The van der Waals surface area contributed by atoms with E-state index in [0.717, 1.165) is 26.1 Å². The number of carbonyl (C=O) groups is 1. The lowest BCUT2D eigenvalue weighted by atomic mass is 9.95. The zero-order chi connectivity index (χ0) is 13.0. The molecule has 0 spiro atoms. The Morgan fingerprint density at radius 1 is 1.39 bits per heavy atom. The Balaban J connectivity index is 1.73. The molecule has 18 heavy (non-hydrogen) atoms. The van der Waals surface area contributed by atoms with Crippen LogP contribution < -0.4 is 5.32 Å². The largest absolute Gasteiger partial charge is 0.344 e. The summed E-state index contributed by atoms with van der Waals surface area (Å²) in [4.78, 5) is 16.5. The summed E-state index contributed by atoms with van der Waals surface area (Å²) in [5.74, 6) is 0.874. The number of hydrogen-bond acceptors (Lipinski definition) is 3. The topological polar surface area (TPSA) is 35.6 Å². The van der Waals surface area contributed by atoms with Crippen LogP contribution in [0.3, 0.4) is 0 Å². The van der Waals surface area contributed by atoms with Crippen LogP contribution >= 0.6 is 0 Å². The summed E-state index contributed by atoms with van der Waals surface area (Å²) in [5, 5.41) is 3.38. The molecule has 0 aromatic rings. The van der Waals surface area contributed by atoms with Crippen LogP contribution in [0.4, 0.5) is 0 Å². The molecular formula is C14H27N3O. The lowest BCUT2D eigenvalue weighted by Gasteiger charge is -2.28. The molecule has 2 heterocycles. The van der Waals surface area contributed by atoms with Crippen molar-refractivity contribution in [2.45, 2.75) is 38.1 Å². The molecule has 2 saturated heterocycles. The number of hydrogen-bond donors (Lipinski definition) is 1. The Labute approximate surface area is 111 Å². The van der Waals surface area contributed by atoms with E-state index < -0.39 is 0 Å². The van der Waals surface area contributed by atoms with Crippen LogP contribution in [-0.4, -0.2) is 62.0 Å². The van der Waals surface area contributed by atoms with Crippen molar-refractivity contribution < 1.29 is 4.79 Å². The average molecular weight is 253 g/mol. The van der Waals surface area contributed by atoms with Gasteiger partial charge in [-0.05, 0) is 58.3 Å². The quantitative estimate of drug-likeness (QED) is 0.809. The molecule has 4 heteroatoms. The summed E-state index contributed by atoms with van der Waals surface area (Å²) >= 11 is 0. The second-order valence-electron chi connectivity index (χ2n) is 5.97. The van der Waals surface area contributed by atoms with E-state index in [1.807, 2.05) is 11.9 Å². The molecule has 0 bridgehead atoms. The Bertz CT molecular complexity index is 276. The first-order valence-electron chi connectivity index (χ1n) is 7.31. The van der Waals surface area contributed by atoms with E-state index in [2.05, 4.69) is 17.3 Å². The fraction of sp³-hybridized carbons (Fsp3) is 0.929. The highest BCUT2D eigenvalue weighted by molar-refractivity contribution is 5.76. The van der Waals surface area contributed by atoms with Crippen molar-refractivity contribution in [1.29, 1.82) is 0 Å². The van der Waals surface area contributed by atoms with Crippen molar-refractivity contribution in [3.63, 3.8) is 0 Å². The molecule has 1 N–H and O–H groups in total. The van der Waals surface area contributed by atoms with Gasteiger partial charge in [-0.2, -0.15) is 0 Å². The van der Waals surface area contributed by atoms with E-state index in [9.17, 15) is 4.79 Å². The smallest absolute Gasteiger partial charge is 0.222 e. The maximum atomic E-state index is 12.2. The summed E-state index contributed by atoms with van der Waals surface area (Å²) in [5.41, 5.74) is 0. The molecular weight excluding hydrogens is 226 g/mol. The lowest BCUT2D eigenvalue weighted by Crippen LogP contribution is -2.41. The van der Waals surface area contributed by atoms with Gasteiger partial charge >= 0.3 is 0 Å². The van der Waals surface area contributed by atoms with Crippen molar-refractivity contribution in [2.24, 2.45) is 5.92 Å². The van der Waals surface area contributed by atoms with Crippen molar-refractivity contribution in [3.05, 3.63) is 0 Å². The second kappa shape index (κ2) is 6.53. The highest BCUT2D eigenvalue weighted by atomic mass is 16.2. The van der Waals surface area contributed by atoms with Gasteiger partial charge in [0, 0.05) is 26.1 Å². The van der Waals surface area contributed by atoms with Gasteiger partial charge in [-0.25, -0.2) is 0 Å². The standard InChI is InChI=1S/C14H27N3O/c1-16-8-4-6-13(16)11-17(2)14(18)9-12-5-3-7-15-10-12/h12-13,15H,3-11H2,1-2H3. The molecule has 4 nitrogen and oxygen atoms in total. The highest BCUT2D eigenvalue weighted by Gasteiger charge is 2.25. The molecule has 0 aliphatic carbocycles. The maximum Gasteiger partial charge on any atom is 0.222 e. The third-order valence-corrected chi connectivity index (χ3v) is 4.44. The molecule has 104 valence electrons. The van der Waals surface area contributed by atoms with Gasteiger partial charge in [0.15, 0.2) is 0 Å². The predicted octanol–water partition coefficient (Wildman–Crippen LogP) is 0.929. The van der Waals surface area contributed by atoms with Crippen LogP contribution in [-0.2, 0) is 4.79 Å². The van der Waals surface area contributed by atoms with Crippen molar-refractivity contribution >= 4 is 5.91 Å². The zero-order valence-corrected chi connectivity index (χ0v) is 11.8. The Morgan fingerprint density at radius 3 is 2.83 bits per heavy atom. The van der Waals surface area contributed by atoms with Gasteiger partial charge in [-0.3, -0.25) is 4.79 Å². The third kappa shape index (κ3) is 3.69. The summed E-state index contributed by atoms with van der Waals surface area (Å²) in [6, 6.07) is 0.573. The summed E-state index contributed by atoms with van der Waals surface area (Å²) in [7, 11) is 4.13. The highest BCUT2D eigenvalue weighted by Crippen LogP contribution is 2.18. The van der Waals surface area contributed by atoms with E-state index in [4.69, 9.17) is 0 Å². The molecule has 0 aromatic heterocycles. The number of likely N-dealkylation sites (N-methyl/N-ethyl adjacent to an activating group) is 2. The third-order valence-electron chi connectivity index (χ3n) is 4.44. The molecule has 2 atom stereocenters. The predicted molar refractivity (Wildman–Crippen MR) is 73.5 cm³/mol. The number of amides is 1. The van der Waals surface area contributed by atoms with Gasteiger partial charge in [-0.1, -0.05) is 0 Å². The van der Waals surface area contributed by atoms with Crippen molar-refractivity contribution in [2.75, 3.05) is 40.3 Å².